The Labute approximate surface area is 106 Å². The third-order valence-corrected chi connectivity index (χ3v) is 3.32. The zero-order chi connectivity index (χ0) is 12.2. The molecule has 2 aromatic rings. The molecule has 1 aliphatic rings. The second-order valence-electron chi connectivity index (χ2n) is 4.63. The summed E-state index contributed by atoms with van der Waals surface area (Å²) in [6.45, 7) is 1.08. The van der Waals surface area contributed by atoms with Gasteiger partial charge < -0.3 is 10.3 Å². The quantitative estimate of drug-likeness (QED) is 0.847. The van der Waals surface area contributed by atoms with Crippen molar-refractivity contribution in [3.63, 3.8) is 0 Å². The van der Waals surface area contributed by atoms with Gasteiger partial charge in [0.25, 0.3) is 0 Å². The predicted octanol–water partition coefficient (Wildman–Crippen LogP) is 2.07. The van der Waals surface area contributed by atoms with Crippen molar-refractivity contribution in [1.29, 1.82) is 0 Å². The van der Waals surface area contributed by atoms with Crippen LogP contribution < -0.4 is 5.32 Å². The Morgan fingerprint density at radius 1 is 1.06 bits per heavy atom. The van der Waals surface area contributed by atoms with E-state index in [4.69, 9.17) is 0 Å². The van der Waals surface area contributed by atoms with Gasteiger partial charge in [-0.05, 0) is 19.4 Å². The summed E-state index contributed by atoms with van der Waals surface area (Å²) in [7, 11) is 0. The summed E-state index contributed by atoms with van der Waals surface area (Å²) in [6.07, 6.45) is 11.9. The summed E-state index contributed by atoms with van der Waals surface area (Å²) in [4.78, 5) is 16.2. The van der Waals surface area contributed by atoms with Crippen molar-refractivity contribution in [2.45, 2.75) is 31.7 Å². The molecule has 0 spiro atoms. The lowest BCUT2D eigenvalue weighted by Crippen LogP contribution is -2.21. The summed E-state index contributed by atoms with van der Waals surface area (Å²) in [5.74, 6) is 1.01. The molecule has 0 aromatic carbocycles. The first-order chi connectivity index (χ1) is 8.93. The van der Waals surface area contributed by atoms with Gasteiger partial charge in [-0.1, -0.05) is 12.8 Å². The summed E-state index contributed by atoms with van der Waals surface area (Å²) in [6, 6.07) is 0.345. The van der Waals surface area contributed by atoms with E-state index < -0.39 is 0 Å². The zero-order valence-corrected chi connectivity index (χ0v) is 10.3. The van der Waals surface area contributed by atoms with Crippen LogP contribution in [-0.2, 0) is 0 Å². The highest BCUT2D eigenvalue weighted by Crippen LogP contribution is 2.22. The lowest BCUT2D eigenvalue weighted by molar-refractivity contribution is 0.512. The van der Waals surface area contributed by atoms with Gasteiger partial charge in [-0.3, -0.25) is 9.97 Å². The molecule has 5 nitrogen and oxygen atoms in total. The molecule has 3 heterocycles. The Bertz CT molecular complexity index is 485. The van der Waals surface area contributed by atoms with Gasteiger partial charge in [-0.15, -0.1) is 0 Å². The molecular formula is C13H17N5. The van der Waals surface area contributed by atoms with Crippen molar-refractivity contribution in [2.75, 3.05) is 6.54 Å². The third kappa shape index (κ3) is 2.41. The Morgan fingerprint density at radius 3 is 2.94 bits per heavy atom. The second kappa shape index (κ2) is 5.27. The standard InChI is InChI=1S/C13H17N5/c1-2-4-10(15-5-3-1)13-17-9-12(18-13)11-8-14-6-7-16-11/h6-10,15H,1-5H2,(H,17,18). The van der Waals surface area contributed by atoms with E-state index in [1.807, 2.05) is 6.20 Å². The minimum Gasteiger partial charge on any atom is -0.339 e. The fourth-order valence-electron chi connectivity index (χ4n) is 2.34. The van der Waals surface area contributed by atoms with Crippen molar-refractivity contribution < 1.29 is 0 Å². The van der Waals surface area contributed by atoms with Gasteiger partial charge in [-0.25, -0.2) is 4.98 Å². The molecule has 0 aliphatic carbocycles. The fourth-order valence-corrected chi connectivity index (χ4v) is 2.34. The largest absolute Gasteiger partial charge is 0.339 e. The van der Waals surface area contributed by atoms with E-state index in [0.717, 1.165) is 30.2 Å². The number of nitrogens with one attached hydrogen (secondary N) is 2. The summed E-state index contributed by atoms with van der Waals surface area (Å²) in [5, 5.41) is 3.53. The molecule has 1 fully saturated rings. The Hall–Kier alpha value is -1.75. The van der Waals surface area contributed by atoms with Gasteiger partial charge in [0.15, 0.2) is 0 Å². The maximum atomic E-state index is 4.47. The smallest absolute Gasteiger partial charge is 0.123 e. The molecule has 0 radical (unpaired) electrons. The molecule has 0 amide bonds. The molecule has 3 rings (SSSR count). The first-order valence-electron chi connectivity index (χ1n) is 6.48. The van der Waals surface area contributed by atoms with Crippen LogP contribution in [-0.4, -0.2) is 26.5 Å². The van der Waals surface area contributed by atoms with Crippen molar-refractivity contribution >= 4 is 0 Å². The molecule has 1 saturated heterocycles. The van der Waals surface area contributed by atoms with E-state index in [9.17, 15) is 0 Å². The monoisotopic (exact) mass is 243 g/mol. The number of imidazole rings is 1. The lowest BCUT2D eigenvalue weighted by atomic mass is 10.1. The minimum atomic E-state index is 0.345. The Balaban J connectivity index is 1.80. The molecule has 1 unspecified atom stereocenters. The van der Waals surface area contributed by atoms with Gasteiger partial charge in [0, 0.05) is 12.4 Å². The molecule has 5 heteroatoms. The molecule has 1 atom stereocenters. The third-order valence-electron chi connectivity index (χ3n) is 3.32. The number of aromatic nitrogens is 4. The van der Waals surface area contributed by atoms with Crippen LogP contribution >= 0.6 is 0 Å². The normalized spacial score (nSPS) is 20.6. The number of hydrogen-bond acceptors (Lipinski definition) is 4. The highest BCUT2D eigenvalue weighted by atomic mass is 15.0. The lowest BCUT2D eigenvalue weighted by Gasteiger charge is -2.12. The van der Waals surface area contributed by atoms with Crippen molar-refractivity contribution in [1.82, 2.24) is 25.3 Å². The summed E-state index contributed by atoms with van der Waals surface area (Å²) >= 11 is 0. The van der Waals surface area contributed by atoms with Crippen molar-refractivity contribution in [3.8, 4) is 11.4 Å². The SMILES string of the molecule is c1cnc(-c2cnc(C3CCCCCN3)[nH]2)cn1. The number of H-pyrrole nitrogens is 1. The summed E-state index contributed by atoms with van der Waals surface area (Å²) in [5.41, 5.74) is 1.77. The number of rotatable bonds is 2. The Kier molecular flexibility index (Phi) is 3.32. The first kappa shape index (κ1) is 11.3. The summed E-state index contributed by atoms with van der Waals surface area (Å²) < 4.78 is 0. The van der Waals surface area contributed by atoms with Crippen LogP contribution in [0.5, 0.6) is 0 Å². The molecule has 0 bridgehead atoms. The average Bonchev–Trinajstić information content (AvgIpc) is 2.76. The zero-order valence-electron chi connectivity index (χ0n) is 10.3. The second-order valence-corrected chi connectivity index (χ2v) is 4.63. The Morgan fingerprint density at radius 2 is 2.06 bits per heavy atom. The van der Waals surface area contributed by atoms with Crippen LogP contribution in [0.25, 0.3) is 11.4 Å². The van der Waals surface area contributed by atoms with Gasteiger partial charge in [0.05, 0.1) is 24.1 Å². The average molecular weight is 243 g/mol. The maximum absolute atomic E-state index is 4.47. The van der Waals surface area contributed by atoms with Crippen LogP contribution in [0.4, 0.5) is 0 Å². The van der Waals surface area contributed by atoms with Crippen molar-refractivity contribution in [2.24, 2.45) is 0 Å². The van der Waals surface area contributed by atoms with E-state index in [2.05, 4.69) is 25.3 Å². The first-order valence-corrected chi connectivity index (χ1v) is 6.48. The fraction of sp³-hybridized carbons (Fsp3) is 0.462. The van der Waals surface area contributed by atoms with Crippen LogP contribution in [0, 0.1) is 0 Å². The van der Waals surface area contributed by atoms with Crippen molar-refractivity contribution in [3.05, 3.63) is 30.6 Å². The number of hydrogen-bond donors (Lipinski definition) is 2. The molecule has 2 aromatic heterocycles. The topological polar surface area (TPSA) is 66.5 Å². The molecule has 2 N–H and O–H groups in total. The van der Waals surface area contributed by atoms with Gasteiger partial charge in [-0.2, -0.15) is 0 Å². The highest BCUT2D eigenvalue weighted by molar-refractivity contribution is 5.51. The van der Waals surface area contributed by atoms with E-state index in [1.54, 1.807) is 18.6 Å². The van der Waals surface area contributed by atoms with Gasteiger partial charge in [0.1, 0.15) is 11.5 Å². The number of aromatic amines is 1. The molecular weight excluding hydrogens is 226 g/mol. The van der Waals surface area contributed by atoms with E-state index in [1.165, 1.54) is 19.3 Å². The number of nitrogens with zero attached hydrogens (tertiary/aromatic N) is 3. The molecule has 18 heavy (non-hydrogen) atoms. The predicted molar refractivity (Wildman–Crippen MR) is 68.8 cm³/mol. The van der Waals surface area contributed by atoms with E-state index in [0.29, 0.717) is 6.04 Å². The van der Waals surface area contributed by atoms with Gasteiger partial charge in [0.2, 0.25) is 0 Å². The highest BCUT2D eigenvalue weighted by Gasteiger charge is 2.17. The molecule has 94 valence electrons. The van der Waals surface area contributed by atoms with Crippen LogP contribution in [0.2, 0.25) is 0 Å². The minimum absolute atomic E-state index is 0.345. The molecule has 1 aliphatic heterocycles. The maximum Gasteiger partial charge on any atom is 0.123 e. The van der Waals surface area contributed by atoms with Crippen LogP contribution in [0.15, 0.2) is 24.8 Å². The van der Waals surface area contributed by atoms with E-state index >= 15 is 0 Å². The van der Waals surface area contributed by atoms with E-state index in [-0.39, 0.29) is 0 Å². The molecule has 0 saturated carbocycles. The van der Waals surface area contributed by atoms with Crippen LogP contribution in [0.3, 0.4) is 0 Å². The van der Waals surface area contributed by atoms with Crippen LogP contribution in [0.1, 0.15) is 37.5 Å². The van der Waals surface area contributed by atoms with Gasteiger partial charge >= 0.3 is 0 Å².